The van der Waals surface area contributed by atoms with Gasteiger partial charge in [0.15, 0.2) is 0 Å². The summed E-state index contributed by atoms with van der Waals surface area (Å²) in [6.45, 7) is 14.8. The Balaban J connectivity index is 2.18. The van der Waals surface area contributed by atoms with Gasteiger partial charge in [0.25, 0.3) is 0 Å². The van der Waals surface area contributed by atoms with E-state index in [2.05, 4.69) is 6.92 Å². The van der Waals surface area contributed by atoms with Crippen molar-refractivity contribution in [1.82, 2.24) is 0 Å². The van der Waals surface area contributed by atoms with E-state index in [-0.39, 0.29) is 16.6 Å². The lowest BCUT2D eigenvalue weighted by molar-refractivity contribution is 0.276. The van der Waals surface area contributed by atoms with E-state index < -0.39 is 8.69 Å². The molecule has 0 spiro atoms. The Bertz CT molecular complexity index is 724. The lowest BCUT2D eigenvalue weighted by Gasteiger charge is -2.27. The molecular formula is C32H58FO3P. The van der Waals surface area contributed by atoms with Crippen LogP contribution in [0.15, 0.2) is 12.1 Å². The molecular weight excluding hydrogens is 482 g/mol. The predicted octanol–water partition coefficient (Wildman–Crippen LogP) is 11.8. The van der Waals surface area contributed by atoms with Crippen molar-refractivity contribution < 1.29 is 18.4 Å². The molecule has 0 saturated carbocycles. The number of phenols is 1. The fourth-order valence-corrected chi connectivity index (χ4v) is 5.35. The molecule has 0 radical (unpaired) electrons. The Hall–Kier alpha value is -0.860. The van der Waals surface area contributed by atoms with Crippen molar-refractivity contribution in [3.63, 3.8) is 0 Å². The second-order valence-electron chi connectivity index (χ2n) is 12.8. The smallest absolute Gasteiger partial charge is 0.439 e. The highest BCUT2D eigenvalue weighted by Gasteiger charge is 2.27. The maximum atomic E-state index is 14.6. The molecule has 0 aromatic heterocycles. The second kappa shape index (κ2) is 18.4. The number of hydrogen-bond donors (Lipinski definition) is 1. The van der Waals surface area contributed by atoms with Crippen LogP contribution in [0.3, 0.4) is 0 Å². The molecule has 0 aliphatic carbocycles. The van der Waals surface area contributed by atoms with Crippen molar-refractivity contribution in [2.24, 2.45) is 0 Å². The van der Waals surface area contributed by atoms with Crippen molar-refractivity contribution >= 4 is 8.69 Å². The quantitative estimate of drug-likeness (QED) is 0.132. The van der Waals surface area contributed by atoms with Gasteiger partial charge < -0.3 is 9.63 Å². The summed E-state index contributed by atoms with van der Waals surface area (Å²) in [5.74, 6) is 0.692. The van der Waals surface area contributed by atoms with E-state index in [9.17, 15) is 9.30 Å². The third-order valence-corrected chi connectivity index (χ3v) is 7.80. The van der Waals surface area contributed by atoms with Gasteiger partial charge in [0.2, 0.25) is 0 Å². The highest BCUT2D eigenvalue weighted by Crippen LogP contribution is 2.47. The van der Waals surface area contributed by atoms with E-state index in [1.807, 2.05) is 41.5 Å². The van der Waals surface area contributed by atoms with Gasteiger partial charge in [-0.3, -0.25) is 4.52 Å². The Kier molecular flexibility index (Phi) is 17.0. The van der Waals surface area contributed by atoms with E-state index in [0.717, 1.165) is 24.0 Å². The Morgan fingerprint density at radius 1 is 0.649 bits per heavy atom. The number of benzene rings is 1. The van der Waals surface area contributed by atoms with Gasteiger partial charge in [-0.1, -0.05) is 145 Å². The summed E-state index contributed by atoms with van der Waals surface area (Å²) >= 11 is 0. The standard InChI is InChI=1S/C32H58FO3P/c1-8-9-10-11-12-13-14-15-16-17-18-19-20-21-22-23-24-35-37(33)36-30-26-27(31(2,3)4)29(34)25-28(30)32(5,6)7/h25-26,34H,8-24H2,1-7H3. The molecule has 0 amide bonds. The minimum atomic E-state index is -2.50. The van der Waals surface area contributed by atoms with Crippen LogP contribution in [0.1, 0.15) is 162 Å². The molecule has 216 valence electrons. The monoisotopic (exact) mass is 540 g/mol. The van der Waals surface area contributed by atoms with Crippen molar-refractivity contribution in [1.29, 1.82) is 0 Å². The molecule has 0 aliphatic heterocycles. The zero-order valence-corrected chi connectivity index (χ0v) is 26.2. The van der Waals surface area contributed by atoms with Gasteiger partial charge in [-0.25, -0.2) is 0 Å². The Morgan fingerprint density at radius 3 is 1.46 bits per heavy atom. The zero-order chi connectivity index (χ0) is 27.7. The summed E-state index contributed by atoms with van der Waals surface area (Å²) in [6, 6.07) is 3.50. The normalized spacial score (nSPS) is 13.2. The molecule has 0 heterocycles. The van der Waals surface area contributed by atoms with E-state index in [1.54, 1.807) is 12.1 Å². The number of aromatic hydroxyl groups is 1. The van der Waals surface area contributed by atoms with Crippen LogP contribution in [-0.4, -0.2) is 11.7 Å². The first-order valence-corrected chi connectivity index (χ1v) is 16.2. The zero-order valence-electron chi connectivity index (χ0n) is 25.3. The lowest BCUT2D eigenvalue weighted by atomic mass is 9.81. The molecule has 0 bridgehead atoms. The first-order valence-electron chi connectivity index (χ1n) is 15.1. The minimum Gasteiger partial charge on any atom is -0.508 e. The maximum absolute atomic E-state index is 14.6. The summed E-state index contributed by atoms with van der Waals surface area (Å²) in [5, 5.41) is 10.5. The van der Waals surface area contributed by atoms with Crippen LogP contribution in [0, 0.1) is 0 Å². The van der Waals surface area contributed by atoms with Gasteiger partial charge in [-0.2, -0.15) is 0 Å². The molecule has 0 fully saturated rings. The highest BCUT2D eigenvalue weighted by molar-refractivity contribution is 7.41. The third kappa shape index (κ3) is 15.4. The number of unbranched alkanes of at least 4 members (excludes halogenated alkanes) is 15. The highest BCUT2D eigenvalue weighted by atomic mass is 31.2. The average Bonchev–Trinajstić information content (AvgIpc) is 2.80. The van der Waals surface area contributed by atoms with Crippen LogP contribution >= 0.6 is 8.69 Å². The first-order chi connectivity index (χ1) is 17.5. The van der Waals surface area contributed by atoms with Gasteiger partial charge in [-0.05, 0) is 29.4 Å². The average molecular weight is 541 g/mol. The van der Waals surface area contributed by atoms with Crippen molar-refractivity contribution in [3.8, 4) is 11.5 Å². The van der Waals surface area contributed by atoms with Crippen LogP contribution in [0.4, 0.5) is 4.20 Å². The van der Waals surface area contributed by atoms with E-state index >= 15 is 0 Å². The molecule has 5 heteroatoms. The SMILES string of the molecule is CCCCCCCCCCCCCCCCCCOP(F)Oc1cc(C(C)(C)C)c(O)cc1C(C)(C)C. The first kappa shape index (κ1) is 34.2. The van der Waals surface area contributed by atoms with E-state index in [0.29, 0.717) is 12.4 Å². The largest absolute Gasteiger partial charge is 0.508 e. The molecule has 0 saturated heterocycles. The van der Waals surface area contributed by atoms with Gasteiger partial charge >= 0.3 is 8.69 Å². The number of hydrogen-bond acceptors (Lipinski definition) is 3. The van der Waals surface area contributed by atoms with Crippen LogP contribution in [0.2, 0.25) is 0 Å². The molecule has 1 rings (SSSR count). The van der Waals surface area contributed by atoms with E-state index in [1.165, 1.54) is 89.9 Å². The molecule has 1 atom stereocenters. The summed E-state index contributed by atoms with van der Waals surface area (Å²) < 4.78 is 25.7. The molecule has 1 N–H and O–H groups in total. The summed E-state index contributed by atoms with van der Waals surface area (Å²) in [7, 11) is -2.50. The molecule has 3 nitrogen and oxygen atoms in total. The topological polar surface area (TPSA) is 38.7 Å². The summed E-state index contributed by atoms with van der Waals surface area (Å²) in [5.41, 5.74) is 0.977. The second-order valence-corrected chi connectivity index (χ2v) is 13.7. The van der Waals surface area contributed by atoms with Crippen molar-refractivity contribution in [3.05, 3.63) is 23.3 Å². The van der Waals surface area contributed by atoms with Crippen molar-refractivity contribution in [2.75, 3.05) is 6.61 Å². The fraction of sp³-hybridized carbons (Fsp3) is 0.812. The van der Waals surface area contributed by atoms with Gasteiger partial charge in [0.1, 0.15) is 11.5 Å². The van der Waals surface area contributed by atoms with Gasteiger partial charge in [0.05, 0.1) is 6.61 Å². The minimum absolute atomic E-state index is 0.224. The summed E-state index contributed by atoms with van der Waals surface area (Å²) in [4.78, 5) is 0. The summed E-state index contributed by atoms with van der Waals surface area (Å²) in [6.07, 6.45) is 21.0. The van der Waals surface area contributed by atoms with Gasteiger partial charge in [-0.15, -0.1) is 4.20 Å². The third-order valence-electron chi connectivity index (χ3n) is 7.07. The molecule has 1 aromatic carbocycles. The molecule has 37 heavy (non-hydrogen) atoms. The molecule has 1 unspecified atom stereocenters. The Labute approximate surface area is 230 Å². The van der Waals surface area contributed by atoms with Crippen LogP contribution < -0.4 is 4.52 Å². The number of phenolic OH excluding ortho intramolecular Hbond substituents is 1. The molecule has 0 aliphatic rings. The molecule has 1 aromatic rings. The maximum Gasteiger partial charge on any atom is 0.439 e. The fourth-order valence-electron chi connectivity index (χ4n) is 4.72. The Morgan fingerprint density at radius 2 is 1.05 bits per heavy atom. The van der Waals surface area contributed by atoms with Crippen LogP contribution in [0.5, 0.6) is 11.5 Å². The number of halogens is 1. The van der Waals surface area contributed by atoms with Crippen LogP contribution in [-0.2, 0) is 15.4 Å². The predicted molar refractivity (Wildman–Crippen MR) is 160 cm³/mol. The lowest BCUT2D eigenvalue weighted by Crippen LogP contribution is -2.16. The number of rotatable bonds is 20. The van der Waals surface area contributed by atoms with E-state index in [4.69, 9.17) is 9.05 Å². The van der Waals surface area contributed by atoms with Crippen LogP contribution in [0.25, 0.3) is 0 Å². The van der Waals surface area contributed by atoms with Gasteiger partial charge in [0, 0.05) is 11.1 Å². The van der Waals surface area contributed by atoms with Crippen molar-refractivity contribution in [2.45, 2.75) is 162 Å².